The quantitative estimate of drug-likeness (QED) is 0.689. The van der Waals surface area contributed by atoms with Gasteiger partial charge in [0.1, 0.15) is 5.52 Å². The lowest BCUT2D eigenvalue weighted by atomic mass is 10.1. The first-order chi connectivity index (χ1) is 10.2. The lowest BCUT2D eigenvalue weighted by Crippen LogP contribution is -2.31. The number of fused-ring (bicyclic) bond motifs is 1. The second-order valence-electron chi connectivity index (χ2n) is 4.98. The van der Waals surface area contributed by atoms with E-state index in [4.69, 9.17) is 0 Å². The fourth-order valence-corrected chi connectivity index (χ4v) is 2.88. The topological polar surface area (TPSA) is 79.2 Å². The zero-order valence-corrected chi connectivity index (χ0v) is 12.6. The van der Waals surface area contributed by atoms with Crippen LogP contribution >= 0.6 is 11.8 Å². The van der Waals surface area contributed by atoms with E-state index in [-0.39, 0.29) is 5.69 Å². The summed E-state index contributed by atoms with van der Waals surface area (Å²) >= 11 is 1.46. The number of thioether (sulfide) groups is 1. The molecule has 0 aliphatic carbocycles. The van der Waals surface area contributed by atoms with Gasteiger partial charge in [-0.25, -0.2) is 19.7 Å². The van der Waals surface area contributed by atoms with Gasteiger partial charge in [-0.15, -0.1) is 0 Å². The molecule has 1 fully saturated rings. The van der Waals surface area contributed by atoms with Crippen LogP contribution in [0.2, 0.25) is 0 Å². The number of piperidine rings is 1. The molecule has 0 bridgehead atoms. The molecular formula is C14H16N4O2S. The first-order valence-electron chi connectivity index (χ1n) is 6.89. The number of hydrogen-bond donors (Lipinski definition) is 1. The van der Waals surface area contributed by atoms with Gasteiger partial charge in [0, 0.05) is 24.7 Å². The Balaban J connectivity index is 2.18. The molecule has 6 nitrogen and oxygen atoms in total. The Morgan fingerprint density at radius 1 is 1.29 bits per heavy atom. The first-order valence-corrected chi connectivity index (χ1v) is 8.11. The predicted octanol–water partition coefficient (Wildman–Crippen LogP) is 2.44. The summed E-state index contributed by atoms with van der Waals surface area (Å²) in [6.45, 7) is 1.79. The van der Waals surface area contributed by atoms with Crippen molar-refractivity contribution in [3.63, 3.8) is 0 Å². The van der Waals surface area contributed by atoms with Gasteiger partial charge in [-0.2, -0.15) is 0 Å². The molecule has 3 heterocycles. The standard InChI is InChI=1S/C14H16N4O2S/c1-21-14-15-8-9-7-10(13(19)20)16-12(11(9)17-14)18-5-3-2-4-6-18/h7-8H,2-6H2,1H3,(H,19,20). The Morgan fingerprint density at radius 3 is 2.71 bits per heavy atom. The van der Waals surface area contributed by atoms with Crippen LogP contribution in [-0.2, 0) is 0 Å². The summed E-state index contributed by atoms with van der Waals surface area (Å²) in [5, 5.41) is 10.6. The SMILES string of the molecule is CSc1ncc2cc(C(=O)O)nc(N3CCCCC3)c2n1. The molecule has 0 spiro atoms. The van der Waals surface area contributed by atoms with Gasteiger partial charge in [-0.3, -0.25) is 0 Å². The van der Waals surface area contributed by atoms with Gasteiger partial charge in [-0.1, -0.05) is 11.8 Å². The molecule has 0 unspecified atom stereocenters. The van der Waals surface area contributed by atoms with Crippen LogP contribution in [0.5, 0.6) is 0 Å². The second kappa shape index (κ2) is 5.85. The molecule has 0 amide bonds. The largest absolute Gasteiger partial charge is 0.477 e. The zero-order chi connectivity index (χ0) is 14.8. The zero-order valence-electron chi connectivity index (χ0n) is 11.7. The maximum absolute atomic E-state index is 11.3. The molecule has 1 N–H and O–H groups in total. The molecule has 2 aromatic rings. The molecular weight excluding hydrogens is 288 g/mol. The Morgan fingerprint density at radius 2 is 2.05 bits per heavy atom. The van der Waals surface area contributed by atoms with Gasteiger partial charge in [0.2, 0.25) is 0 Å². The fourth-order valence-electron chi connectivity index (χ4n) is 2.54. The van der Waals surface area contributed by atoms with E-state index in [2.05, 4.69) is 19.9 Å². The molecule has 2 aromatic heterocycles. The average molecular weight is 304 g/mol. The summed E-state index contributed by atoms with van der Waals surface area (Å²) < 4.78 is 0. The molecule has 110 valence electrons. The van der Waals surface area contributed by atoms with E-state index in [9.17, 15) is 9.90 Å². The number of hydrogen-bond acceptors (Lipinski definition) is 6. The van der Waals surface area contributed by atoms with Crippen molar-refractivity contribution in [2.24, 2.45) is 0 Å². The van der Waals surface area contributed by atoms with Crippen molar-refractivity contribution in [1.82, 2.24) is 15.0 Å². The van der Waals surface area contributed by atoms with E-state index in [0.29, 0.717) is 11.0 Å². The van der Waals surface area contributed by atoms with Crippen molar-refractivity contribution in [3.05, 3.63) is 18.0 Å². The van der Waals surface area contributed by atoms with Gasteiger partial charge in [-0.05, 0) is 31.6 Å². The van der Waals surface area contributed by atoms with Crippen LogP contribution in [0.1, 0.15) is 29.8 Å². The molecule has 1 aliphatic rings. The number of carbonyl (C=O) groups is 1. The highest BCUT2D eigenvalue weighted by Gasteiger charge is 2.19. The van der Waals surface area contributed by atoms with Gasteiger partial charge >= 0.3 is 5.97 Å². The predicted molar refractivity (Wildman–Crippen MR) is 82.1 cm³/mol. The summed E-state index contributed by atoms with van der Waals surface area (Å²) in [5.74, 6) is -0.355. The van der Waals surface area contributed by atoms with Crippen LogP contribution in [0, 0.1) is 0 Å². The van der Waals surface area contributed by atoms with E-state index < -0.39 is 5.97 Å². The summed E-state index contributed by atoms with van der Waals surface area (Å²) in [6, 6.07) is 1.54. The van der Waals surface area contributed by atoms with Crippen LogP contribution in [0.15, 0.2) is 17.4 Å². The molecule has 0 aromatic carbocycles. The lowest BCUT2D eigenvalue weighted by Gasteiger charge is -2.28. The molecule has 3 rings (SSSR count). The number of rotatable bonds is 3. The normalized spacial score (nSPS) is 15.4. The number of pyridine rings is 1. The number of carboxylic acids is 1. The van der Waals surface area contributed by atoms with Crippen molar-refractivity contribution >= 4 is 34.5 Å². The third-order valence-corrected chi connectivity index (χ3v) is 4.14. The minimum atomic E-state index is -1.02. The highest BCUT2D eigenvalue weighted by atomic mass is 32.2. The Hall–Kier alpha value is -1.89. The van der Waals surface area contributed by atoms with Crippen molar-refractivity contribution in [2.75, 3.05) is 24.2 Å². The van der Waals surface area contributed by atoms with Crippen LogP contribution in [-0.4, -0.2) is 45.4 Å². The van der Waals surface area contributed by atoms with Crippen molar-refractivity contribution in [2.45, 2.75) is 24.4 Å². The average Bonchev–Trinajstić information content (AvgIpc) is 2.54. The minimum absolute atomic E-state index is 0.0450. The third kappa shape index (κ3) is 2.78. The molecule has 1 saturated heterocycles. The molecule has 0 radical (unpaired) electrons. The summed E-state index contributed by atoms with van der Waals surface area (Å²) in [7, 11) is 0. The third-order valence-electron chi connectivity index (χ3n) is 3.58. The first kappa shape index (κ1) is 14.1. The number of aromatic nitrogens is 3. The minimum Gasteiger partial charge on any atom is -0.477 e. The number of anilines is 1. The van der Waals surface area contributed by atoms with E-state index in [1.807, 2.05) is 6.26 Å². The Labute approximate surface area is 126 Å². The van der Waals surface area contributed by atoms with Crippen molar-refractivity contribution in [3.8, 4) is 0 Å². The van der Waals surface area contributed by atoms with E-state index >= 15 is 0 Å². The van der Waals surface area contributed by atoms with E-state index in [1.54, 1.807) is 6.20 Å². The highest BCUT2D eigenvalue weighted by Crippen LogP contribution is 2.27. The lowest BCUT2D eigenvalue weighted by molar-refractivity contribution is 0.0691. The van der Waals surface area contributed by atoms with Gasteiger partial charge in [0.05, 0.1) is 0 Å². The second-order valence-corrected chi connectivity index (χ2v) is 5.75. The van der Waals surface area contributed by atoms with Crippen molar-refractivity contribution in [1.29, 1.82) is 0 Å². The molecule has 7 heteroatoms. The molecule has 0 saturated carbocycles. The summed E-state index contributed by atoms with van der Waals surface area (Å²) in [5.41, 5.74) is 0.782. The van der Waals surface area contributed by atoms with Crippen LogP contribution in [0.3, 0.4) is 0 Å². The highest BCUT2D eigenvalue weighted by molar-refractivity contribution is 7.98. The summed E-state index contributed by atoms with van der Waals surface area (Å²) in [6.07, 6.45) is 7.00. The van der Waals surface area contributed by atoms with Gasteiger partial charge < -0.3 is 10.0 Å². The van der Waals surface area contributed by atoms with Crippen molar-refractivity contribution < 1.29 is 9.90 Å². The number of aromatic carboxylic acids is 1. The van der Waals surface area contributed by atoms with Crippen LogP contribution in [0.4, 0.5) is 5.82 Å². The monoisotopic (exact) mass is 304 g/mol. The maximum atomic E-state index is 11.3. The summed E-state index contributed by atoms with van der Waals surface area (Å²) in [4.78, 5) is 26.5. The molecule has 21 heavy (non-hydrogen) atoms. The van der Waals surface area contributed by atoms with E-state index in [1.165, 1.54) is 24.2 Å². The Kier molecular flexibility index (Phi) is 3.92. The van der Waals surface area contributed by atoms with E-state index in [0.717, 1.165) is 36.8 Å². The smallest absolute Gasteiger partial charge is 0.354 e. The van der Waals surface area contributed by atoms with Gasteiger partial charge in [0.15, 0.2) is 16.7 Å². The fraction of sp³-hybridized carbons (Fsp3) is 0.429. The maximum Gasteiger partial charge on any atom is 0.354 e. The Bertz CT molecular complexity index is 686. The van der Waals surface area contributed by atoms with Crippen LogP contribution in [0.25, 0.3) is 10.9 Å². The molecule has 1 aliphatic heterocycles. The van der Waals surface area contributed by atoms with Crippen LogP contribution < -0.4 is 4.90 Å². The number of carboxylic acid groups (broad SMARTS) is 1. The van der Waals surface area contributed by atoms with Gasteiger partial charge in [0.25, 0.3) is 0 Å². The number of nitrogens with zero attached hydrogens (tertiary/aromatic N) is 4. The molecule has 0 atom stereocenters.